The zero-order valence-corrected chi connectivity index (χ0v) is 16.2. The summed E-state index contributed by atoms with van der Waals surface area (Å²) in [6, 6.07) is 3.91. The Kier molecular flexibility index (Phi) is 5.29. The third kappa shape index (κ3) is 3.56. The number of hydrogen-bond donors (Lipinski definition) is 2. The highest BCUT2D eigenvalue weighted by Crippen LogP contribution is 2.37. The number of primary amides is 1. The molecule has 1 saturated heterocycles. The van der Waals surface area contributed by atoms with Gasteiger partial charge in [0.1, 0.15) is 30.3 Å². The first kappa shape index (κ1) is 20.1. The number of aromatic nitrogens is 2. The molecule has 0 bridgehead atoms. The summed E-state index contributed by atoms with van der Waals surface area (Å²) in [5.41, 5.74) is 6.44. The maximum Gasteiger partial charge on any atom is 0.259 e. The number of alkyl halides is 2. The number of carbonyl (C=O) groups excluding carboxylic acids is 2. The molecule has 1 fully saturated rings. The number of hydrogen-bond acceptors (Lipinski definition) is 6. The largest absolute Gasteiger partial charge is 0.491 e. The number of anilines is 2. The summed E-state index contributed by atoms with van der Waals surface area (Å²) >= 11 is 0. The first-order valence-corrected chi connectivity index (χ1v) is 9.39. The predicted molar refractivity (Wildman–Crippen MR) is 104 cm³/mol. The van der Waals surface area contributed by atoms with E-state index in [0.717, 1.165) is 4.90 Å². The Bertz CT molecular complexity index is 980. The van der Waals surface area contributed by atoms with E-state index in [0.29, 0.717) is 36.0 Å². The van der Waals surface area contributed by atoms with Crippen LogP contribution in [0.5, 0.6) is 5.75 Å². The van der Waals surface area contributed by atoms with Crippen LogP contribution in [0.15, 0.2) is 24.4 Å². The Morgan fingerprint density at radius 2 is 2.27 bits per heavy atom. The van der Waals surface area contributed by atoms with E-state index in [1.165, 1.54) is 7.11 Å². The summed E-state index contributed by atoms with van der Waals surface area (Å²) < 4.78 is 39.8. The van der Waals surface area contributed by atoms with Crippen molar-refractivity contribution in [1.82, 2.24) is 9.55 Å². The van der Waals surface area contributed by atoms with Gasteiger partial charge in [0.15, 0.2) is 5.82 Å². The van der Waals surface area contributed by atoms with Crippen LogP contribution in [0.3, 0.4) is 0 Å². The molecule has 2 atom stereocenters. The minimum absolute atomic E-state index is 0.0235. The molecule has 0 aliphatic carbocycles. The minimum atomic E-state index is -2.72. The third-order valence-corrected chi connectivity index (χ3v) is 5.17. The molecule has 2 aromatic rings. The van der Waals surface area contributed by atoms with Gasteiger partial charge in [-0.05, 0) is 12.1 Å². The van der Waals surface area contributed by atoms with Crippen LogP contribution < -0.4 is 20.7 Å². The fourth-order valence-corrected chi connectivity index (χ4v) is 3.72. The first-order valence-electron chi connectivity index (χ1n) is 9.39. The zero-order valence-electron chi connectivity index (χ0n) is 16.2. The van der Waals surface area contributed by atoms with Gasteiger partial charge in [-0.25, -0.2) is 13.8 Å². The summed E-state index contributed by atoms with van der Waals surface area (Å²) in [5.74, 6) is 0.153. The number of imidazole rings is 1. The van der Waals surface area contributed by atoms with Crippen molar-refractivity contribution in [2.75, 3.05) is 30.5 Å². The number of rotatable bonds is 6. The highest BCUT2D eigenvalue weighted by Gasteiger charge is 2.46. The average molecular weight is 421 g/mol. The van der Waals surface area contributed by atoms with Crippen molar-refractivity contribution in [2.45, 2.75) is 31.5 Å². The van der Waals surface area contributed by atoms with Crippen LogP contribution in [-0.4, -0.2) is 60.2 Å². The lowest BCUT2D eigenvalue weighted by Crippen LogP contribution is -2.39. The highest BCUT2D eigenvalue weighted by atomic mass is 19.3. The van der Waals surface area contributed by atoms with Gasteiger partial charge in [-0.15, -0.1) is 0 Å². The molecule has 9 nitrogen and oxygen atoms in total. The third-order valence-electron chi connectivity index (χ3n) is 5.17. The number of ether oxygens (including phenoxy) is 2. The number of nitrogens with one attached hydrogen (secondary N) is 1. The van der Waals surface area contributed by atoms with Crippen molar-refractivity contribution in [3.63, 3.8) is 0 Å². The number of halogens is 2. The second-order valence-electron chi connectivity index (χ2n) is 7.07. The second-order valence-corrected chi connectivity index (χ2v) is 7.07. The van der Waals surface area contributed by atoms with Crippen LogP contribution in [0.25, 0.3) is 11.4 Å². The van der Waals surface area contributed by atoms with Crippen LogP contribution in [-0.2, 0) is 20.9 Å². The Morgan fingerprint density at radius 1 is 1.47 bits per heavy atom. The predicted octanol–water partition coefficient (Wildman–Crippen LogP) is 1.23. The molecule has 1 aromatic heterocycles. The van der Waals surface area contributed by atoms with Gasteiger partial charge >= 0.3 is 0 Å². The van der Waals surface area contributed by atoms with Crippen molar-refractivity contribution in [1.29, 1.82) is 0 Å². The zero-order chi connectivity index (χ0) is 21.4. The number of nitrogens with zero attached hydrogens (tertiary/aromatic N) is 3. The van der Waals surface area contributed by atoms with Gasteiger partial charge in [-0.3, -0.25) is 14.5 Å². The van der Waals surface area contributed by atoms with Crippen molar-refractivity contribution >= 4 is 23.3 Å². The lowest BCUT2D eigenvalue weighted by Gasteiger charge is -2.21. The molecule has 11 heteroatoms. The lowest BCUT2D eigenvalue weighted by molar-refractivity contribution is -0.125. The summed E-state index contributed by atoms with van der Waals surface area (Å²) in [4.78, 5) is 29.1. The van der Waals surface area contributed by atoms with E-state index in [1.807, 2.05) is 0 Å². The van der Waals surface area contributed by atoms with Gasteiger partial charge in [0, 0.05) is 31.5 Å². The monoisotopic (exact) mass is 421 g/mol. The van der Waals surface area contributed by atoms with Crippen LogP contribution in [0.2, 0.25) is 0 Å². The number of benzene rings is 1. The number of fused-ring (bicyclic) bond motifs is 3. The summed E-state index contributed by atoms with van der Waals surface area (Å²) in [7, 11) is 1.33. The molecule has 0 radical (unpaired) electrons. The molecule has 3 heterocycles. The van der Waals surface area contributed by atoms with Crippen molar-refractivity contribution in [3.05, 3.63) is 24.4 Å². The second kappa shape index (κ2) is 7.90. The molecule has 0 saturated carbocycles. The van der Waals surface area contributed by atoms with E-state index in [4.69, 9.17) is 15.2 Å². The van der Waals surface area contributed by atoms with Crippen LogP contribution in [0.1, 0.15) is 6.42 Å². The normalized spacial score (nSPS) is 20.5. The fraction of sp³-hybridized carbons (Fsp3) is 0.421. The van der Waals surface area contributed by atoms with E-state index in [2.05, 4.69) is 10.3 Å². The Morgan fingerprint density at radius 3 is 2.97 bits per heavy atom. The number of carbonyl (C=O) groups is 2. The standard InChI is InChI=1S/C19H21F2N5O4/c1-29-14-7-12(17(20)21)26(19(14)28)16-9-25-4-5-30-13-6-10(23-8-15(22)27)2-3-11(13)18(25)24-16/h2-3,6,9,12,14,17,23H,4-5,7-8H2,1H3,(H2,22,27). The van der Waals surface area contributed by atoms with Crippen molar-refractivity contribution in [2.24, 2.45) is 5.73 Å². The Hall–Kier alpha value is -3.21. The molecular formula is C19H21F2N5O4. The smallest absolute Gasteiger partial charge is 0.259 e. The molecular weight excluding hydrogens is 400 g/mol. The Balaban J connectivity index is 1.69. The molecule has 0 spiro atoms. The van der Waals surface area contributed by atoms with Gasteiger partial charge in [-0.1, -0.05) is 0 Å². The molecule has 30 heavy (non-hydrogen) atoms. The quantitative estimate of drug-likeness (QED) is 0.726. The minimum Gasteiger partial charge on any atom is -0.491 e. The molecule has 2 unspecified atom stereocenters. The molecule has 3 N–H and O–H groups in total. The van der Waals surface area contributed by atoms with Gasteiger partial charge in [0.25, 0.3) is 12.3 Å². The van der Waals surface area contributed by atoms with Crippen LogP contribution in [0, 0.1) is 0 Å². The van der Waals surface area contributed by atoms with Crippen molar-refractivity contribution in [3.8, 4) is 17.1 Å². The van der Waals surface area contributed by atoms with Crippen LogP contribution in [0.4, 0.5) is 20.3 Å². The van der Waals surface area contributed by atoms with Crippen LogP contribution >= 0.6 is 0 Å². The first-order chi connectivity index (χ1) is 14.4. The molecule has 160 valence electrons. The highest BCUT2D eigenvalue weighted by molar-refractivity contribution is 5.99. The molecule has 4 rings (SSSR count). The van der Waals surface area contributed by atoms with Gasteiger partial charge < -0.3 is 25.1 Å². The van der Waals surface area contributed by atoms with E-state index in [1.54, 1.807) is 29.0 Å². The van der Waals surface area contributed by atoms with E-state index >= 15 is 0 Å². The topological polar surface area (TPSA) is 112 Å². The van der Waals surface area contributed by atoms with Crippen molar-refractivity contribution < 1.29 is 27.8 Å². The maximum atomic E-state index is 13.6. The van der Waals surface area contributed by atoms with Gasteiger partial charge in [0.05, 0.1) is 18.7 Å². The summed E-state index contributed by atoms with van der Waals surface area (Å²) in [5, 5.41) is 2.89. The van der Waals surface area contributed by atoms with Gasteiger partial charge in [0.2, 0.25) is 5.91 Å². The lowest BCUT2D eigenvalue weighted by atomic mass is 10.1. The number of methoxy groups -OCH3 is 1. The van der Waals surface area contributed by atoms with E-state index in [-0.39, 0.29) is 18.8 Å². The van der Waals surface area contributed by atoms with Gasteiger partial charge in [-0.2, -0.15) is 0 Å². The van der Waals surface area contributed by atoms with E-state index < -0.39 is 30.4 Å². The molecule has 1 aromatic carbocycles. The number of nitrogens with two attached hydrogens (primary N) is 1. The fourth-order valence-electron chi connectivity index (χ4n) is 3.72. The SMILES string of the molecule is COC1CC(C(F)F)N(c2cn3c(n2)-c2ccc(NCC(N)=O)cc2OCC3)C1=O. The molecule has 2 aliphatic rings. The average Bonchev–Trinajstić information content (AvgIpc) is 3.22. The summed E-state index contributed by atoms with van der Waals surface area (Å²) in [6.45, 7) is 0.725. The Labute approximate surface area is 170 Å². The maximum absolute atomic E-state index is 13.6. The van der Waals surface area contributed by atoms with E-state index in [9.17, 15) is 18.4 Å². The number of amides is 2. The summed E-state index contributed by atoms with van der Waals surface area (Å²) in [6.07, 6.45) is -2.15. The molecule has 2 aliphatic heterocycles. The molecule has 2 amide bonds.